The highest BCUT2D eigenvalue weighted by Crippen LogP contribution is 2.32. The molecule has 0 spiro atoms. The average molecular weight is 434 g/mol. The third-order valence-corrected chi connectivity index (χ3v) is 6.96. The van der Waals surface area contributed by atoms with E-state index < -0.39 is 0 Å². The van der Waals surface area contributed by atoms with Crippen LogP contribution < -0.4 is 15.0 Å². The van der Waals surface area contributed by atoms with Gasteiger partial charge in [-0.25, -0.2) is 0 Å². The fourth-order valence-corrected chi connectivity index (χ4v) is 5.24. The minimum Gasteiger partial charge on any atom is -0.471 e. The highest BCUT2D eigenvalue weighted by atomic mass is 32.1. The van der Waals surface area contributed by atoms with E-state index in [1.165, 1.54) is 21.3 Å². The maximum Gasteiger partial charge on any atom is 0.224 e. The van der Waals surface area contributed by atoms with E-state index in [-0.39, 0.29) is 12.1 Å². The number of ether oxygens (including phenoxy) is 1. The van der Waals surface area contributed by atoms with Crippen molar-refractivity contribution >= 4 is 38.7 Å². The van der Waals surface area contributed by atoms with E-state index in [0.29, 0.717) is 6.42 Å². The predicted octanol–water partition coefficient (Wildman–Crippen LogP) is 4.89. The number of benzene rings is 2. The summed E-state index contributed by atoms with van der Waals surface area (Å²) in [7, 11) is 0. The molecule has 2 aromatic carbocycles. The van der Waals surface area contributed by atoms with E-state index in [1.54, 1.807) is 11.3 Å². The molecule has 0 bridgehead atoms. The maximum absolute atomic E-state index is 11.7. The molecule has 0 aliphatic carbocycles. The van der Waals surface area contributed by atoms with Gasteiger partial charge in [0.05, 0.1) is 0 Å². The zero-order valence-corrected chi connectivity index (χ0v) is 18.5. The van der Waals surface area contributed by atoms with E-state index in [0.717, 1.165) is 44.0 Å². The van der Waals surface area contributed by atoms with Gasteiger partial charge in [-0.05, 0) is 54.6 Å². The van der Waals surface area contributed by atoms with Crippen molar-refractivity contribution in [3.63, 3.8) is 0 Å². The number of carbonyl (C=O) groups is 1. The fraction of sp³-hybridized carbons (Fsp3) is 0.320. The lowest BCUT2D eigenvalue weighted by Gasteiger charge is -2.39. The van der Waals surface area contributed by atoms with Gasteiger partial charge in [-0.1, -0.05) is 18.2 Å². The number of anilines is 2. The first-order valence-corrected chi connectivity index (χ1v) is 11.8. The van der Waals surface area contributed by atoms with Crippen LogP contribution in [0.15, 0.2) is 60.0 Å². The number of piperazine rings is 1. The average Bonchev–Trinajstić information content (AvgIpc) is 3.28. The molecular weight excluding hydrogens is 406 g/mol. The lowest BCUT2D eigenvalue weighted by Crippen LogP contribution is -2.51. The molecule has 1 fully saturated rings. The summed E-state index contributed by atoms with van der Waals surface area (Å²) in [5, 5.41) is 6.48. The van der Waals surface area contributed by atoms with Crippen molar-refractivity contribution in [2.75, 3.05) is 36.4 Å². The molecule has 2 aliphatic rings. The van der Waals surface area contributed by atoms with Crippen LogP contribution in [0.2, 0.25) is 0 Å². The normalized spacial score (nSPS) is 18.2. The number of hydrogen-bond acceptors (Lipinski definition) is 5. The Kier molecular flexibility index (Phi) is 5.66. The largest absolute Gasteiger partial charge is 0.471 e. The first-order chi connectivity index (χ1) is 15.2. The van der Waals surface area contributed by atoms with Gasteiger partial charge >= 0.3 is 0 Å². The Labute approximate surface area is 186 Å². The predicted molar refractivity (Wildman–Crippen MR) is 128 cm³/mol. The first-order valence-electron chi connectivity index (χ1n) is 10.9. The first kappa shape index (κ1) is 20.1. The number of nitrogens with zero attached hydrogens (tertiary/aromatic N) is 2. The summed E-state index contributed by atoms with van der Waals surface area (Å²) in [6, 6.07) is 14.8. The molecule has 1 N–H and O–H groups in total. The maximum atomic E-state index is 11.7. The summed E-state index contributed by atoms with van der Waals surface area (Å²) in [4.78, 5) is 16.6. The SMILES string of the molecule is C/C=C/C(Oc1ccc2c(c1)NC(=O)CC2)N1CCN(c2cccc3sccc23)CC1. The Bertz CT molecular complexity index is 1110. The van der Waals surface area contributed by atoms with Crippen molar-refractivity contribution in [3.05, 3.63) is 65.6 Å². The Morgan fingerprint density at radius 2 is 1.97 bits per heavy atom. The molecular formula is C25H27N3O2S. The van der Waals surface area contributed by atoms with Crippen LogP contribution in [-0.2, 0) is 11.2 Å². The molecule has 31 heavy (non-hydrogen) atoms. The molecule has 1 amide bonds. The molecule has 1 saturated heterocycles. The van der Waals surface area contributed by atoms with Crippen LogP contribution in [0.3, 0.4) is 0 Å². The van der Waals surface area contributed by atoms with Crippen molar-refractivity contribution < 1.29 is 9.53 Å². The van der Waals surface area contributed by atoms with Crippen molar-refractivity contribution in [3.8, 4) is 5.75 Å². The second kappa shape index (κ2) is 8.73. The number of hydrogen-bond donors (Lipinski definition) is 1. The molecule has 1 atom stereocenters. The van der Waals surface area contributed by atoms with Gasteiger partial charge in [-0.3, -0.25) is 9.69 Å². The molecule has 160 valence electrons. The molecule has 5 rings (SSSR count). The topological polar surface area (TPSA) is 44.8 Å². The quantitative estimate of drug-likeness (QED) is 0.582. The number of thiophene rings is 1. The highest BCUT2D eigenvalue weighted by Gasteiger charge is 2.25. The number of nitrogens with one attached hydrogen (secondary N) is 1. The summed E-state index contributed by atoms with van der Waals surface area (Å²) in [6.45, 7) is 5.81. The monoisotopic (exact) mass is 433 g/mol. The molecule has 0 radical (unpaired) electrons. The molecule has 3 heterocycles. The molecule has 2 aliphatic heterocycles. The summed E-state index contributed by atoms with van der Waals surface area (Å²) in [6.07, 6.45) is 5.37. The summed E-state index contributed by atoms with van der Waals surface area (Å²) in [5.41, 5.74) is 3.37. The van der Waals surface area contributed by atoms with Crippen LogP contribution in [0.5, 0.6) is 5.75 Å². The van der Waals surface area contributed by atoms with Gasteiger partial charge in [0.25, 0.3) is 0 Å². The third-order valence-electron chi connectivity index (χ3n) is 6.08. The number of allylic oxidation sites excluding steroid dienone is 1. The van der Waals surface area contributed by atoms with Crippen molar-refractivity contribution in [1.29, 1.82) is 0 Å². The van der Waals surface area contributed by atoms with Crippen LogP contribution >= 0.6 is 11.3 Å². The van der Waals surface area contributed by atoms with Gasteiger partial charge in [-0.15, -0.1) is 11.3 Å². The van der Waals surface area contributed by atoms with Crippen molar-refractivity contribution in [2.45, 2.75) is 26.0 Å². The Hall–Kier alpha value is -2.83. The summed E-state index contributed by atoms with van der Waals surface area (Å²) in [5.74, 6) is 0.862. The molecule has 1 unspecified atom stereocenters. The lowest BCUT2D eigenvalue weighted by molar-refractivity contribution is -0.116. The number of fused-ring (bicyclic) bond motifs is 2. The molecule has 1 aromatic heterocycles. The van der Waals surface area contributed by atoms with Crippen molar-refractivity contribution in [1.82, 2.24) is 4.90 Å². The zero-order chi connectivity index (χ0) is 21.2. The number of aryl methyl sites for hydroxylation is 1. The van der Waals surface area contributed by atoms with E-state index in [2.05, 4.69) is 56.9 Å². The second-order valence-electron chi connectivity index (χ2n) is 8.03. The van der Waals surface area contributed by atoms with Crippen molar-refractivity contribution in [2.24, 2.45) is 0 Å². The number of rotatable bonds is 5. The molecule has 3 aromatic rings. The van der Waals surface area contributed by atoms with E-state index >= 15 is 0 Å². The highest BCUT2D eigenvalue weighted by molar-refractivity contribution is 7.17. The number of amides is 1. The fourth-order valence-electron chi connectivity index (χ4n) is 4.43. The van der Waals surface area contributed by atoms with Gasteiger partial charge in [-0.2, -0.15) is 0 Å². The zero-order valence-electron chi connectivity index (χ0n) is 17.7. The smallest absolute Gasteiger partial charge is 0.224 e. The van der Waals surface area contributed by atoms with Gasteiger partial charge in [0, 0.05) is 60.1 Å². The summed E-state index contributed by atoms with van der Waals surface area (Å²) >= 11 is 1.80. The summed E-state index contributed by atoms with van der Waals surface area (Å²) < 4.78 is 7.71. The Balaban J connectivity index is 1.28. The van der Waals surface area contributed by atoms with E-state index in [9.17, 15) is 4.79 Å². The van der Waals surface area contributed by atoms with Crippen LogP contribution in [-0.4, -0.2) is 43.2 Å². The van der Waals surface area contributed by atoms with Crippen LogP contribution in [0.4, 0.5) is 11.4 Å². The Morgan fingerprint density at radius 3 is 2.81 bits per heavy atom. The minimum absolute atomic E-state index is 0.0754. The van der Waals surface area contributed by atoms with E-state index in [1.807, 2.05) is 25.1 Å². The molecule has 5 nitrogen and oxygen atoms in total. The van der Waals surface area contributed by atoms with Gasteiger partial charge in [0.2, 0.25) is 5.91 Å². The van der Waals surface area contributed by atoms with Gasteiger partial charge in [0.1, 0.15) is 5.75 Å². The van der Waals surface area contributed by atoms with Gasteiger partial charge < -0.3 is 15.0 Å². The van der Waals surface area contributed by atoms with Gasteiger partial charge in [0.15, 0.2) is 6.23 Å². The molecule has 0 saturated carbocycles. The van der Waals surface area contributed by atoms with Crippen LogP contribution in [0.25, 0.3) is 10.1 Å². The third kappa shape index (κ3) is 4.18. The van der Waals surface area contributed by atoms with Crippen LogP contribution in [0.1, 0.15) is 18.9 Å². The van der Waals surface area contributed by atoms with E-state index in [4.69, 9.17) is 4.74 Å². The van der Waals surface area contributed by atoms with Crippen LogP contribution in [0, 0.1) is 0 Å². The number of carbonyl (C=O) groups excluding carboxylic acids is 1. The standard InChI is InChI=1S/C25H27N3O2S/c1-2-4-25(30-19-9-7-18-8-10-24(29)26-21(18)17-19)28-14-12-27(13-15-28)22-5-3-6-23-20(22)11-16-31-23/h2-7,9,11,16-17,25H,8,10,12-15H2,1H3,(H,26,29)/b4-2+. The Morgan fingerprint density at radius 1 is 1.10 bits per heavy atom. The minimum atomic E-state index is -0.124. The second-order valence-corrected chi connectivity index (χ2v) is 8.98. The molecule has 6 heteroatoms. The lowest BCUT2D eigenvalue weighted by atomic mass is 10.0.